The molecule has 0 radical (unpaired) electrons. The van der Waals surface area contributed by atoms with Gasteiger partial charge in [0.05, 0.1) is 5.92 Å². The van der Waals surface area contributed by atoms with Gasteiger partial charge < -0.3 is 9.64 Å². The number of carbonyl (C=O) groups excluding carboxylic acids is 2. The normalized spacial score (nSPS) is 20.1. The lowest BCUT2D eigenvalue weighted by molar-refractivity contribution is -0.144. The first-order valence-corrected chi connectivity index (χ1v) is 13.0. The molecule has 5 rings (SSSR count). The van der Waals surface area contributed by atoms with Crippen molar-refractivity contribution in [1.82, 2.24) is 14.8 Å². The number of piperazine rings is 1. The number of cyclic esters (lactones) is 1. The minimum absolute atomic E-state index is 0.0770. The van der Waals surface area contributed by atoms with Crippen molar-refractivity contribution in [1.29, 1.82) is 0 Å². The van der Waals surface area contributed by atoms with Gasteiger partial charge in [0.15, 0.2) is 0 Å². The second-order valence-corrected chi connectivity index (χ2v) is 9.93. The molecule has 0 N–H and O–H groups in total. The Kier molecular flexibility index (Phi) is 7.90. The highest BCUT2D eigenvalue weighted by Gasteiger charge is 2.34. The Hall–Kier alpha value is -3.58. The van der Waals surface area contributed by atoms with Crippen molar-refractivity contribution in [3.8, 4) is 0 Å². The number of pyridine rings is 1. The molecule has 2 atom stereocenters. The minimum atomic E-state index is -0.295. The van der Waals surface area contributed by atoms with E-state index in [1.165, 1.54) is 17.7 Å². The standard InChI is InChI=1S/C30H32FN3O3/c31-27-12-10-24(11-13-27)28-19-26(30(36)37-28)5-1-3-22-6-8-25(9-7-22)29(35)34-17-15-33(16-18-34)21-23-4-2-14-32-20-23/h2,4,6-14,20,26,28H,1,3,5,15-19,21H2. The number of carbonyl (C=O) groups is 2. The van der Waals surface area contributed by atoms with Gasteiger partial charge in [-0.3, -0.25) is 19.5 Å². The van der Waals surface area contributed by atoms with Crippen LogP contribution in [0.1, 0.15) is 52.4 Å². The largest absolute Gasteiger partial charge is 0.457 e. The average molecular weight is 502 g/mol. The van der Waals surface area contributed by atoms with Gasteiger partial charge in [0.1, 0.15) is 11.9 Å². The molecule has 2 aliphatic heterocycles. The highest BCUT2D eigenvalue weighted by Crippen LogP contribution is 2.36. The lowest BCUT2D eigenvalue weighted by Gasteiger charge is -2.34. The fourth-order valence-corrected chi connectivity index (χ4v) is 5.16. The number of ether oxygens (including phenoxy) is 1. The van der Waals surface area contributed by atoms with Crippen molar-refractivity contribution in [3.63, 3.8) is 0 Å². The predicted molar refractivity (Wildman–Crippen MR) is 138 cm³/mol. The van der Waals surface area contributed by atoms with Crippen molar-refractivity contribution in [2.45, 2.75) is 38.3 Å². The van der Waals surface area contributed by atoms with E-state index in [1.807, 2.05) is 41.4 Å². The highest BCUT2D eigenvalue weighted by atomic mass is 19.1. The molecular formula is C30H32FN3O3. The third kappa shape index (κ3) is 6.41. The van der Waals surface area contributed by atoms with Crippen molar-refractivity contribution < 1.29 is 18.7 Å². The van der Waals surface area contributed by atoms with Crippen LogP contribution in [0.15, 0.2) is 73.1 Å². The van der Waals surface area contributed by atoms with Gasteiger partial charge in [0.2, 0.25) is 0 Å². The number of hydrogen-bond acceptors (Lipinski definition) is 5. The molecule has 0 saturated carbocycles. The number of halogens is 1. The van der Waals surface area contributed by atoms with Crippen molar-refractivity contribution in [3.05, 3.63) is 101 Å². The molecule has 7 heteroatoms. The summed E-state index contributed by atoms with van der Waals surface area (Å²) in [5.74, 6) is -0.520. The van der Waals surface area contributed by atoms with Crippen LogP contribution in [0.25, 0.3) is 0 Å². The summed E-state index contributed by atoms with van der Waals surface area (Å²) in [6.07, 6.45) is 6.47. The summed E-state index contributed by atoms with van der Waals surface area (Å²) in [5.41, 5.74) is 3.90. The maximum absolute atomic E-state index is 13.2. The molecule has 6 nitrogen and oxygen atoms in total. The first kappa shape index (κ1) is 25.1. The van der Waals surface area contributed by atoms with Gasteiger partial charge in [-0.15, -0.1) is 0 Å². The van der Waals surface area contributed by atoms with Crippen molar-refractivity contribution in [2.75, 3.05) is 26.2 Å². The molecule has 3 heterocycles. The Morgan fingerprint density at radius 2 is 1.73 bits per heavy atom. The maximum atomic E-state index is 13.2. The van der Waals surface area contributed by atoms with Gasteiger partial charge in [0, 0.05) is 57.1 Å². The van der Waals surface area contributed by atoms with E-state index in [1.54, 1.807) is 18.3 Å². The summed E-state index contributed by atoms with van der Waals surface area (Å²) in [6.45, 7) is 4.00. The smallest absolute Gasteiger partial charge is 0.309 e. The lowest BCUT2D eigenvalue weighted by atomic mass is 9.94. The summed E-state index contributed by atoms with van der Waals surface area (Å²) in [6, 6.07) is 18.0. The topological polar surface area (TPSA) is 62.7 Å². The molecule has 2 saturated heterocycles. The number of esters is 1. The van der Waals surface area contributed by atoms with Crippen LogP contribution in [-0.4, -0.2) is 52.8 Å². The molecule has 2 aliphatic rings. The molecule has 1 amide bonds. The van der Waals surface area contributed by atoms with Crippen LogP contribution in [0.4, 0.5) is 4.39 Å². The van der Waals surface area contributed by atoms with Crippen LogP contribution < -0.4 is 0 Å². The number of amides is 1. The Bertz CT molecular complexity index is 1190. The van der Waals surface area contributed by atoms with Crippen LogP contribution in [0.3, 0.4) is 0 Å². The first-order chi connectivity index (χ1) is 18.0. The molecule has 1 aromatic heterocycles. The second kappa shape index (κ2) is 11.6. The molecule has 2 aromatic carbocycles. The number of rotatable bonds is 8. The molecule has 2 unspecified atom stereocenters. The zero-order valence-electron chi connectivity index (χ0n) is 20.9. The van der Waals surface area contributed by atoms with E-state index in [-0.39, 0.29) is 29.7 Å². The van der Waals surface area contributed by atoms with Gasteiger partial charge in [-0.2, -0.15) is 0 Å². The zero-order chi connectivity index (χ0) is 25.6. The number of benzene rings is 2. The van der Waals surface area contributed by atoms with Gasteiger partial charge in [-0.1, -0.05) is 30.3 Å². The van der Waals surface area contributed by atoms with E-state index in [2.05, 4.69) is 16.0 Å². The third-order valence-electron chi connectivity index (χ3n) is 7.34. The molecular weight excluding hydrogens is 469 g/mol. The predicted octanol–water partition coefficient (Wildman–Crippen LogP) is 4.81. The van der Waals surface area contributed by atoms with Crippen LogP contribution >= 0.6 is 0 Å². The first-order valence-electron chi connectivity index (χ1n) is 13.0. The van der Waals surface area contributed by atoms with E-state index >= 15 is 0 Å². The lowest BCUT2D eigenvalue weighted by Crippen LogP contribution is -2.48. The van der Waals surface area contributed by atoms with E-state index in [0.29, 0.717) is 12.0 Å². The van der Waals surface area contributed by atoms with Crippen LogP contribution in [-0.2, 0) is 22.5 Å². The van der Waals surface area contributed by atoms with Crippen molar-refractivity contribution >= 4 is 11.9 Å². The Morgan fingerprint density at radius 3 is 2.43 bits per heavy atom. The molecule has 0 bridgehead atoms. The average Bonchev–Trinajstić information content (AvgIpc) is 3.30. The van der Waals surface area contributed by atoms with E-state index in [0.717, 1.165) is 63.1 Å². The minimum Gasteiger partial charge on any atom is -0.457 e. The van der Waals surface area contributed by atoms with Crippen molar-refractivity contribution in [2.24, 2.45) is 5.92 Å². The summed E-state index contributed by atoms with van der Waals surface area (Å²) in [5, 5.41) is 0. The second-order valence-electron chi connectivity index (χ2n) is 9.93. The van der Waals surface area contributed by atoms with Gasteiger partial charge in [0.25, 0.3) is 5.91 Å². The third-order valence-corrected chi connectivity index (χ3v) is 7.34. The molecule has 2 fully saturated rings. The Labute approximate surface area is 217 Å². The molecule has 0 spiro atoms. The summed E-state index contributed by atoms with van der Waals surface area (Å²) in [4.78, 5) is 33.8. The fourth-order valence-electron chi connectivity index (χ4n) is 5.16. The van der Waals surface area contributed by atoms with Gasteiger partial charge in [-0.25, -0.2) is 4.39 Å². The molecule has 192 valence electrons. The maximum Gasteiger partial charge on any atom is 0.309 e. The van der Waals surface area contributed by atoms with E-state index in [9.17, 15) is 14.0 Å². The SMILES string of the molecule is O=C1OC(c2ccc(F)cc2)CC1CCCc1ccc(C(=O)N2CCN(Cc3cccnc3)CC2)cc1. The zero-order valence-corrected chi connectivity index (χ0v) is 20.9. The van der Waals surface area contributed by atoms with Crippen LogP contribution in [0.5, 0.6) is 0 Å². The van der Waals surface area contributed by atoms with E-state index < -0.39 is 0 Å². The molecule has 37 heavy (non-hydrogen) atoms. The van der Waals surface area contributed by atoms with Crippen LogP contribution in [0, 0.1) is 11.7 Å². The highest BCUT2D eigenvalue weighted by molar-refractivity contribution is 5.94. The van der Waals surface area contributed by atoms with Gasteiger partial charge in [-0.05, 0) is 66.3 Å². The summed E-state index contributed by atoms with van der Waals surface area (Å²) in [7, 11) is 0. The van der Waals surface area contributed by atoms with Crippen LogP contribution in [0.2, 0.25) is 0 Å². The molecule has 0 aliphatic carbocycles. The summed E-state index contributed by atoms with van der Waals surface area (Å²) >= 11 is 0. The number of hydrogen-bond donors (Lipinski definition) is 0. The Morgan fingerprint density at radius 1 is 0.973 bits per heavy atom. The Balaban J connectivity index is 1.05. The summed E-state index contributed by atoms with van der Waals surface area (Å²) < 4.78 is 18.7. The number of aryl methyl sites for hydroxylation is 1. The van der Waals surface area contributed by atoms with E-state index in [4.69, 9.17) is 4.74 Å². The molecule has 3 aromatic rings. The monoisotopic (exact) mass is 501 g/mol. The number of nitrogens with zero attached hydrogens (tertiary/aromatic N) is 3. The fraction of sp³-hybridized carbons (Fsp3) is 0.367. The number of aromatic nitrogens is 1. The van der Waals surface area contributed by atoms with Gasteiger partial charge >= 0.3 is 5.97 Å². The quantitative estimate of drug-likeness (QED) is 0.415.